The number of nitrogens with one attached hydrogen (secondary N) is 1. The van der Waals surface area contributed by atoms with Crippen molar-refractivity contribution in [2.24, 2.45) is 0 Å². The van der Waals surface area contributed by atoms with E-state index in [2.05, 4.69) is 9.71 Å². The lowest BCUT2D eigenvalue weighted by Gasteiger charge is -2.15. The maximum absolute atomic E-state index is 12.9. The van der Waals surface area contributed by atoms with Crippen molar-refractivity contribution >= 4 is 21.6 Å². The van der Waals surface area contributed by atoms with E-state index in [9.17, 15) is 21.6 Å². The molecule has 2 aromatic rings. The van der Waals surface area contributed by atoms with Crippen molar-refractivity contribution in [3.05, 3.63) is 46.6 Å². The second-order valence-electron chi connectivity index (χ2n) is 7.96. The summed E-state index contributed by atoms with van der Waals surface area (Å²) >= 11 is 5.99. The SMILES string of the molecule is COCCOc1ccc(CCCS(=O)(=O)NCCOC(C)C)c(Oc2ncc(C(F)(F)F)cc2Cl)c1. The summed E-state index contributed by atoms with van der Waals surface area (Å²) in [6.45, 7) is 4.75. The molecule has 1 aromatic carbocycles. The lowest BCUT2D eigenvalue weighted by atomic mass is 10.1. The number of hydrogen-bond donors (Lipinski definition) is 1. The van der Waals surface area contributed by atoms with E-state index in [4.69, 9.17) is 30.5 Å². The van der Waals surface area contributed by atoms with Gasteiger partial charge in [0.1, 0.15) is 23.1 Å². The molecule has 0 bridgehead atoms. The van der Waals surface area contributed by atoms with Gasteiger partial charge in [0, 0.05) is 25.9 Å². The fraction of sp³-hybridized carbons (Fsp3) is 0.522. The summed E-state index contributed by atoms with van der Waals surface area (Å²) in [7, 11) is -1.99. The molecule has 0 amide bonds. The van der Waals surface area contributed by atoms with Crippen LogP contribution in [0.3, 0.4) is 0 Å². The average molecular weight is 555 g/mol. The second kappa shape index (κ2) is 14.0. The van der Waals surface area contributed by atoms with Crippen molar-refractivity contribution in [1.82, 2.24) is 9.71 Å². The molecule has 2 rings (SSSR count). The van der Waals surface area contributed by atoms with E-state index >= 15 is 0 Å². The van der Waals surface area contributed by atoms with Crippen molar-refractivity contribution in [3.63, 3.8) is 0 Å². The highest BCUT2D eigenvalue weighted by Crippen LogP contribution is 2.36. The number of alkyl halides is 3. The monoisotopic (exact) mass is 554 g/mol. The van der Waals surface area contributed by atoms with Gasteiger partial charge in [-0.3, -0.25) is 0 Å². The number of sulfonamides is 1. The van der Waals surface area contributed by atoms with E-state index in [0.29, 0.717) is 30.5 Å². The molecule has 0 saturated heterocycles. The third kappa shape index (κ3) is 10.5. The van der Waals surface area contributed by atoms with Crippen molar-refractivity contribution in [1.29, 1.82) is 0 Å². The zero-order valence-electron chi connectivity index (χ0n) is 20.2. The van der Waals surface area contributed by atoms with E-state index in [-0.39, 0.29) is 54.7 Å². The number of aromatic nitrogens is 1. The summed E-state index contributed by atoms with van der Waals surface area (Å²) in [5.74, 6) is 0.293. The average Bonchev–Trinajstić information content (AvgIpc) is 2.78. The minimum atomic E-state index is -4.60. The van der Waals surface area contributed by atoms with Gasteiger partial charge >= 0.3 is 6.18 Å². The number of rotatable bonds is 15. The second-order valence-corrected chi connectivity index (χ2v) is 10.3. The standard InChI is InChI=1S/C23H30ClF3N2O6S/c1-16(2)33-9-8-29-36(30,31)12-4-5-17-6-7-19(34-11-10-32-3)14-21(17)35-22-20(24)13-18(15-28-22)23(25,26)27/h6-7,13-16,29H,4-5,8-12H2,1-3H3. The maximum atomic E-state index is 12.9. The Hall–Kier alpha value is -2.12. The van der Waals surface area contributed by atoms with Gasteiger partial charge in [0.05, 0.1) is 30.6 Å². The molecular weight excluding hydrogens is 525 g/mol. The minimum absolute atomic E-state index is 0.00188. The van der Waals surface area contributed by atoms with Crippen LogP contribution in [-0.4, -0.2) is 58.7 Å². The van der Waals surface area contributed by atoms with Gasteiger partial charge in [-0.05, 0) is 44.4 Å². The Labute approximate surface area is 214 Å². The number of hydrogen-bond acceptors (Lipinski definition) is 7. The molecule has 13 heteroatoms. The lowest BCUT2D eigenvalue weighted by molar-refractivity contribution is -0.137. The van der Waals surface area contributed by atoms with Crippen molar-refractivity contribution in [2.45, 2.75) is 39.0 Å². The topological polar surface area (TPSA) is 96.0 Å². The molecular formula is C23H30ClF3N2O6S. The predicted octanol–water partition coefficient (Wildman–Crippen LogP) is 4.85. The van der Waals surface area contributed by atoms with E-state index in [1.807, 2.05) is 13.8 Å². The van der Waals surface area contributed by atoms with Crippen LogP contribution in [0.4, 0.5) is 13.2 Å². The third-order valence-electron chi connectivity index (χ3n) is 4.67. The molecule has 1 N–H and O–H groups in total. The lowest BCUT2D eigenvalue weighted by Crippen LogP contribution is -2.30. The van der Waals surface area contributed by atoms with E-state index in [1.54, 1.807) is 12.1 Å². The molecule has 0 aliphatic carbocycles. The normalized spacial score (nSPS) is 12.2. The van der Waals surface area contributed by atoms with Crippen LogP contribution in [0, 0.1) is 0 Å². The zero-order valence-corrected chi connectivity index (χ0v) is 21.8. The molecule has 0 aliphatic rings. The molecule has 0 unspecified atom stereocenters. The molecule has 0 saturated carbocycles. The van der Waals surface area contributed by atoms with Crippen LogP contribution in [0.5, 0.6) is 17.4 Å². The highest BCUT2D eigenvalue weighted by Gasteiger charge is 2.32. The van der Waals surface area contributed by atoms with Crippen LogP contribution in [0.1, 0.15) is 31.4 Å². The number of benzene rings is 1. The van der Waals surface area contributed by atoms with Crippen LogP contribution in [0.25, 0.3) is 0 Å². The summed E-state index contributed by atoms with van der Waals surface area (Å²) in [5.41, 5.74) is -0.404. The summed E-state index contributed by atoms with van der Waals surface area (Å²) in [5, 5.41) is -0.322. The molecule has 0 fully saturated rings. The summed E-state index contributed by atoms with van der Waals surface area (Å²) in [6.07, 6.45) is -3.41. The number of aryl methyl sites for hydroxylation is 1. The van der Waals surface area contributed by atoms with Crippen LogP contribution in [-0.2, 0) is 32.1 Å². The van der Waals surface area contributed by atoms with Gasteiger partial charge in [-0.25, -0.2) is 18.1 Å². The highest BCUT2D eigenvalue weighted by atomic mass is 35.5. The Morgan fingerprint density at radius 1 is 1.14 bits per heavy atom. The van der Waals surface area contributed by atoms with Gasteiger partial charge in [-0.1, -0.05) is 17.7 Å². The van der Waals surface area contributed by atoms with Gasteiger partial charge in [0.2, 0.25) is 15.9 Å². The van der Waals surface area contributed by atoms with E-state index in [0.717, 1.165) is 6.07 Å². The Bertz CT molecular complexity index is 1080. The Kier molecular flexibility index (Phi) is 11.7. The number of ether oxygens (including phenoxy) is 4. The number of pyridine rings is 1. The third-order valence-corrected chi connectivity index (χ3v) is 6.41. The molecule has 202 valence electrons. The number of methoxy groups -OCH3 is 1. The summed E-state index contributed by atoms with van der Waals surface area (Å²) in [4.78, 5) is 3.71. The van der Waals surface area contributed by atoms with E-state index in [1.165, 1.54) is 13.2 Å². The first-order valence-corrected chi connectivity index (χ1v) is 13.2. The van der Waals surface area contributed by atoms with Crippen molar-refractivity contribution in [3.8, 4) is 17.4 Å². The molecule has 1 aromatic heterocycles. The van der Waals surface area contributed by atoms with Gasteiger partial charge in [-0.2, -0.15) is 13.2 Å². The smallest absolute Gasteiger partial charge is 0.417 e. The first-order valence-electron chi connectivity index (χ1n) is 11.2. The molecule has 0 radical (unpaired) electrons. The van der Waals surface area contributed by atoms with Gasteiger partial charge in [0.25, 0.3) is 0 Å². The molecule has 0 spiro atoms. The molecule has 1 heterocycles. The van der Waals surface area contributed by atoms with Crippen LogP contribution >= 0.6 is 11.6 Å². The zero-order chi connectivity index (χ0) is 26.8. The Balaban J connectivity index is 2.13. The Morgan fingerprint density at radius 3 is 2.53 bits per heavy atom. The molecule has 0 aliphatic heterocycles. The Morgan fingerprint density at radius 2 is 1.89 bits per heavy atom. The molecule has 0 atom stereocenters. The van der Waals surface area contributed by atoms with Gasteiger partial charge in [-0.15, -0.1) is 0 Å². The van der Waals surface area contributed by atoms with E-state index < -0.39 is 21.8 Å². The van der Waals surface area contributed by atoms with Crippen LogP contribution in [0.2, 0.25) is 5.02 Å². The first-order chi connectivity index (χ1) is 16.9. The highest BCUT2D eigenvalue weighted by molar-refractivity contribution is 7.89. The first kappa shape index (κ1) is 30.1. The number of nitrogens with zero attached hydrogens (tertiary/aromatic N) is 1. The van der Waals surface area contributed by atoms with Crippen molar-refractivity contribution in [2.75, 3.05) is 39.2 Å². The molecule has 36 heavy (non-hydrogen) atoms. The van der Waals surface area contributed by atoms with Crippen LogP contribution in [0.15, 0.2) is 30.5 Å². The number of halogens is 4. The minimum Gasteiger partial charge on any atom is -0.491 e. The fourth-order valence-corrected chi connectivity index (χ4v) is 4.21. The van der Waals surface area contributed by atoms with Gasteiger partial charge in [0.15, 0.2) is 0 Å². The largest absolute Gasteiger partial charge is 0.491 e. The summed E-state index contributed by atoms with van der Waals surface area (Å²) in [6, 6.07) is 5.63. The predicted molar refractivity (Wildman–Crippen MR) is 129 cm³/mol. The van der Waals surface area contributed by atoms with Crippen LogP contribution < -0.4 is 14.2 Å². The van der Waals surface area contributed by atoms with Gasteiger partial charge < -0.3 is 18.9 Å². The van der Waals surface area contributed by atoms with Crippen molar-refractivity contribution < 1.29 is 40.5 Å². The summed E-state index contributed by atoms with van der Waals surface area (Å²) < 4.78 is 87.4. The molecule has 8 nitrogen and oxygen atoms in total. The quantitative estimate of drug-likeness (QED) is 0.314. The maximum Gasteiger partial charge on any atom is 0.417 e. The fourth-order valence-electron chi connectivity index (χ4n) is 2.95.